The van der Waals surface area contributed by atoms with Gasteiger partial charge in [-0.3, -0.25) is 14.5 Å². The third kappa shape index (κ3) is 5.46. The summed E-state index contributed by atoms with van der Waals surface area (Å²) in [6.07, 6.45) is 2.78. The Bertz CT molecular complexity index is 1240. The van der Waals surface area contributed by atoms with Gasteiger partial charge in [-0.1, -0.05) is 13.3 Å². The monoisotopic (exact) mass is 505 g/mol. The molecule has 9 nitrogen and oxygen atoms in total. The van der Waals surface area contributed by atoms with Gasteiger partial charge in [-0.05, 0) is 75.0 Å². The number of rotatable bonds is 10. The minimum Gasteiger partial charge on any atom is -0.497 e. The van der Waals surface area contributed by atoms with Crippen LogP contribution in [0.2, 0.25) is 0 Å². The van der Waals surface area contributed by atoms with E-state index < -0.39 is 0 Å². The lowest BCUT2D eigenvalue weighted by Crippen LogP contribution is -2.39. The van der Waals surface area contributed by atoms with Crippen molar-refractivity contribution >= 4 is 23.2 Å². The fourth-order valence-electron chi connectivity index (χ4n) is 4.49. The Hall–Kier alpha value is -3.85. The molecule has 2 heterocycles. The van der Waals surface area contributed by atoms with E-state index in [-0.39, 0.29) is 11.8 Å². The molecule has 2 aromatic carbocycles. The van der Waals surface area contributed by atoms with Crippen molar-refractivity contribution in [2.45, 2.75) is 26.2 Å². The van der Waals surface area contributed by atoms with E-state index in [0.717, 1.165) is 47.8 Å². The molecule has 2 amide bonds. The molecular formula is C28H35N5O4. The largest absolute Gasteiger partial charge is 0.497 e. The van der Waals surface area contributed by atoms with Crippen molar-refractivity contribution < 1.29 is 19.1 Å². The van der Waals surface area contributed by atoms with E-state index in [0.29, 0.717) is 31.1 Å². The van der Waals surface area contributed by atoms with E-state index in [1.54, 1.807) is 35.7 Å². The van der Waals surface area contributed by atoms with Crippen molar-refractivity contribution in [2.24, 2.45) is 0 Å². The highest BCUT2D eigenvalue weighted by Crippen LogP contribution is 2.33. The lowest BCUT2D eigenvalue weighted by atomic mass is 10.0. The first-order valence-corrected chi connectivity index (χ1v) is 12.5. The van der Waals surface area contributed by atoms with Crippen LogP contribution < -0.4 is 19.3 Å². The number of aromatic nitrogens is 2. The summed E-state index contributed by atoms with van der Waals surface area (Å²) in [6, 6.07) is 14.9. The molecule has 0 spiro atoms. The van der Waals surface area contributed by atoms with Crippen LogP contribution in [-0.2, 0) is 11.2 Å². The fraction of sp³-hybridized carbons (Fsp3) is 0.393. The van der Waals surface area contributed by atoms with Crippen LogP contribution in [-0.4, -0.2) is 74.4 Å². The zero-order chi connectivity index (χ0) is 26.5. The van der Waals surface area contributed by atoms with Gasteiger partial charge in [-0.15, -0.1) is 5.10 Å². The minimum atomic E-state index is -0.150. The molecule has 196 valence electrons. The van der Waals surface area contributed by atoms with Crippen LogP contribution in [0.3, 0.4) is 0 Å². The van der Waals surface area contributed by atoms with E-state index in [4.69, 9.17) is 9.47 Å². The Labute approximate surface area is 218 Å². The maximum atomic E-state index is 13.7. The fourth-order valence-corrected chi connectivity index (χ4v) is 4.49. The summed E-state index contributed by atoms with van der Waals surface area (Å²) in [5.41, 5.74) is 3.58. The number of unbranched alkanes of at least 4 members (excludes halogenated alkanes) is 1. The average Bonchev–Trinajstić information content (AvgIpc) is 3.31. The van der Waals surface area contributed by atoms with Crippen LogP contribution in [0, 0.1) is 0 Å². The summed E-state index contributed by atoms with van der Waals surface area (Å²) in [5, 5.41) is 4.57. The number of methoxy groups -OCH3 is 2. The number of amides is 2. The number of ether oxygens (including phenoxy) is 2. The molecule has 0 radical (unpaired) electrons. The zero-order valence-electron chi connectivity index (χ0n) is 22.2. The van der Waals surface area contributed by atoms with Crippen LogP contribution >= 0.6 is 0 Å². The van der Waals surface area contributed by atoms with Crippen molar-refractivity contribution in [2.75, 3.05) is 57.7 Å². The molecule has 1 aromatic heterocycles. The highest BCUT2D eigenvalue weighted by molar-refractivity contribution is 6.08. The first-order valence-electron chi connectivity index (χ1n) is 12.5. The van der Waals surface area contributed by atoms with Crippen molar-refractivity contribution in [3.05, 3.63) is 59.8 Å². The maximum Gasteiger partial charge on any atom is 0.277 e. The summed E-state index contributed by atoms with van der Waals surface area (Å²) < 4.78 is 12.4. The number of hydrogen-bond acceptors (Lipinski definition) is 6. The van der Waals surface area contributed by atoms with Gasteiger partial charge in [0.1, 0.15) is 11.4 Å². The highest BCUT2D eigenvalue weighted by Gasteiger charge is 2.34. The number of hydrogen-bond donors (Lipinski definition) is 0. The third-order valence-corrected chi connectivity index (χ3v) is 6.71. The van der Waals surface area contributed by atoms with Gasteiger partial charge in [0, 0.05) is 30.5 Å². The Morgan fingerprint density at radius 3 is 2.30 bits per heavy atom. The topological polar surface area (TPSA) is 80.1 Å². The Kier molecular flexibility index (Phi) is 8.13. The molecule has 9 heteroatoms. The van der Waals surface area contributed by atoms with Crippen LogP contribution in [0.5, 0.6) is 11.6 Å². The molecule has 4 rings (SSSR count). The smallest absolute Gasteiger partial charge is 0.277 e. The molecule has 3 aromatic rings. The second-order valence-electron chi connectivity index (χ2n) is 9.21. The Morgan fingerprint density at radius 2 is 1.68 bits per heavy atom. The molecule has 0 fully saturated rings. The van der Waals surface area contributed by atoms with Crippen molar-refractivity contribution in [3.63, 3.8) is 0 Å². The summed E-state index contributed by atoms with van der Waals surface area (Å²) >= 11 is 0. The third-order valence-electron chi connectivity index (χ3n) is 6.71. The lowest BCUT2D eigenvalue weighted by Gasteiger charge is -2.28. The number of carbonyl (C=O) groups is 2. The summed E-state index contributed by atoms with van der Waals surface area (Å²) in [4.78, 5) is 31.9. The molecule has 0 N–H and O–H groups in total. The number of fused-ring (bicyclic) bond motifs is 1. The number of anilines is 2. The van der Waals surface area contributed by atoms with Gasteiger partial charge in [0.2, 0.25) is 11.8 Å². The van der Waals surface area contributed by atoms with Crippen LogP contribution in [0.4, 0.5) is 11.4 Å². The Morgan fingerprint density at radius 1 is 1.00 bits per heavy atom. The van der Waals surface area contributed by atoms with E-state index >= 15 is 0 Å². The molecule has 0 saturated carbocycles. The molecule has 1 aliphatic heterocycles. The number of nitrogens with zero attached hydrogens (tertiary/aromatic N) is 5. The van der Waals surface area contributed by atoms with Crippen molar-refractivity contribution in [1.29, 1.82) is 0 Å². The molecule has 0 bridgehead atoms. The standard InChI is InChI=1S/C28H35N5O4/c1-6-7-17-30(2)19-25(34)31(3)20-8-10-21(11-9-20)32-18-16-24-26(28(32)35)33(29-27(24)37-5)22-12-14-23(36-4)15-13-22/h8-15H,6-7,16-19H2,1-5H3. The van der Waals surface area contributed by atoms with Gasteiger partial charge in [-0.2, -0.15) is 0 Å². The van der Waals surface area contributed by atoms with Crippen molar-refractivity contribution in [1.82, 2.24) is 14.7 Å². The van der Waals surface area contributed by atoms with E-state index in [2.05, 4.69) is 12.0 Å². The molecule has 0 aliphatic carbocycles. The van der Waals surface area contributed by atoms with Crippen LogP contribution in [0.25, 0.3) is 5.69 Å². The number of carbonyl (C=O) groups excluding carboxylic acids is 2. The van der Waals surface area contributed by atoms with Gasteiger partial charge in [0.05, 0.1) is 26.5 Å². The summed E-state index contributed by atoms with van der Waals surface area (Å²) in [7, 11) is 6.92. The zero-order valence-corrected chi connectivity index (χ0v) is 22.2. The molecule has 0 atom stereocenters. The first kappa shape index (κ1) is 26.2. The molecule has 1 aliphatic rings. The molecular weight excluding hydrogens is 470 g/mol. The van der Waals surface area contributed by atoms with Gasteiger partial charge in [0.25, 0.3) is 5.91 Å². The normalized spacial score (nSPS) is 13.0. The van der Waals surface area contributed by atoms with Gasteiger partial charge < -0.3 is 19.3 Å². The summed E-state index contributed by atoms with van der Waals surface area (Å²) in [5.74, 6) is 1.06. The number of likely N-dealkylation sites (N-methyl/N-ethyl adjacent to an activating group) is 2. The predicted octanol–water partition coefficient (Wildman–Crippen LogP) is 3.79. The second kappa shape index (κ2) is 11.5. The highest BCUT2D eigenvalue weighted by atomic mass is 16.5. The van der Waals surface area contributed by atoms with E-state index in [1.165, 1.54) is 0 Å². The quantitative estimate of drug-likeness (QED) is 0.417. The average molecular weight is 506 g/mol. The van der Waals surface area contributed by atoms with Gasteiger partial charge in [0.15, 0.2) is 0 Å². The molecule has 0 unspecified atom stereocenters. The second-order valence-corrected chi connectivity index (χ2v) is 9.21. The van der Waals surface area contributed by atoms with Crippen LogP contribution in [0.15, 0.2) is 48.5 Å². The minimum absolute atomic E-state index is 0.0283. The van der Waals surface area contributed by atoms with Gasteiger partial charge in [-0.25, -0.2) is 4.68 Å². The SMILES string of the molecule is CCCCN(C)CC(=O)N(C)c1ccc(N2CCc3c(OC)nn(-c4ccc(OC)cc4)c3C2=O)cc1. The molecule has 37 heavy (non-hydrogen) atoms. The first-order chi connectivity index (χ1) is 17.9. The van der Waals surface area contributed by atoms with E-state index in [1.807, 2.05) is 60.5 Å². The maximum absolute atomic E-state index is 13.7. The van der Waals surface area contributed by atoms with E-state index in [9.17, 15) is 9.59 Å². The number of benzene rings is 2. The van der Waals surface area contributed by atoms with Crippen molar-refractivity contribution in [3.8, 4) is 17.3 Å². The lowest BCUT2D eigenvalue weighted by molar-refractivity contribution is -0.119. The summed E-state index contributed by atoms with van der Waals surface area (Å²) in [6.45, 7) is 3.90. The predicted molar refractivity (Wildman–Crippen MR) is 144 cm³/mol. The Balaban J connectivity index is 1.54. The molecule has 0 saturated heterocycles. The van der Waals surface area contributed by atoms with Gasteiger partial charge >= 0.3 is 0 Å². The van der Waals surface area contributed by atoms with Crippen LogP contribution in [0.1, 0.15) is 35.8 Å².